The standard InChI is InChI=1S/C19H15ClF4N4O6.C17H13ClF4N4O4.C3H6O3.CH4.ClH.Cu/c1-3-33-16(31)7-27-15(30)8-34-17(27)25-11-5-12(10(21)4-9(11)20)28-14(29)6-13(19(22,23)24)26(2)18(28)32;1-3-30-15(28)7-23-8-24-11-5-12(10(19)4-9(11)18)26-14(27)6-13(17(20,21)22)25(2)16(26)29;1-6-3(5)2-4;;;/h4-6H,3,7-8H2,1-2H3;4-6H,3,7H2,1-2H3;4H,2H2,1H3;1H4;1H;/q;;;;;+1/p-1. The van der Waals surface area contributed by atoms with E-state index in [1.807, 2.05) is 0 Å². The number of carbonyl (C=O) groups is 4. The number of ether oxygens (including phenoxy) is 4. The van der Waals surface area contributed by atoms with Gasteiger partial charge in [-0.15, -0.1) is 0 Å². The number of amidine groups is 1. The molecular weight excluding hydrogens is 1120 g/mol. The van der Waals surface area contributed by atoms with Crippen molar-refractivity contribution in [3.8, 4) is 11.4 Å². The number of methoxy groups -OCH3 is 1. The van der Waals surface area contributed by atoms with Crippen LogP contribution < -0.4 is 22.5 Å². The predicted molar refractivity (Wildman–Crippen MR) is 239 cm³/mol. The zero-order chi connectivity index (χ0) is 55.0. The summed E-state index contributed by atoms with van der Waals surface area (Å²) in [6, 6.07) is 5.09. The number of hydrogen-bond acceptors (Lipinski definition) is 16. The molecule has 0 aliphatic carbocycles. The Morgan fingerprint density at radius 1 is 0.753 bits per heavy atom. The minimum absolute atomic E-state index is 0. The third-order valence-electron chi connectivity index (χ3n) is 8.51. The molecule has 0 radical (unpaired) electrons. The van der Waals surface area contributed by atoms with Crippen LogP contribution in [0.1, 0.15) is 32.7 Å². The van der Waals surface area contributed by atoms with Crippen molar-refractivity contribution in [2.45, 2.75) is 33.6 Å². The zero-order valence-corrected chi connectivity index (χ0v) is 40.3. The molecule has 2 aromatic heterocycles. The van der Waals surface area contributed by atoms with Gasteiger partial charge >= 0.3 is 72.9 Å². The molecule has 404 valence electrons. The van der Waals surface area contributed by atoms with Crippen LogP contribution >= 0.6 is 33.3 Å². The molecule has 1 aliphatic rings. The van der Waals surface area contributed by atoms with Gasteiger partial charge in [-0.2, -0.15) is 36.3 Å². The predicted octanol–water partition coefficient (Wildman–Crippen LogP) is 4.95. The van der Waals surface area contributed by atoms with Crippen molar-refractivity contribution in [1.29, 1.82) is 0 Å². The number of hydrogen-bond donors (Lipinski definition) is 1. The van der Waals surface area contributed by atoms with Gasteiger partial charge in [-0.3, -0.25) is 38.0 Å². The van der Waals surface area contributed by atoms with Gasteiger partial charge in [0.15, 0.2) is 6.61 Å². The number of benzene rings is 2. The summed E-state index contributed by atoms with van der Waals surface area (Å²) in [5.74, 6) is -5.01. The molecule has 0 atom stereocenters. The molecule has 1 amide bonds. The molecule has 0 saturated carbocycles. The molecule has 1 aliphatic heterocycles. The third kappa shape index (κ3) is 17.2. The molecular formula is C40H38Cl3CuF8N8O13. The van der Waals surface area contributed by atoms with Crippen molar-refractivity contribution in [3.05, 3.63) is 111 Å². The van der Waals surface area contributed by atoms with Gasteiger partial charge in [0, 0.05) is 26.2 Å². The fraction of sp³-hybridized carbons (Fsp3) is 0.350. The first kappa shape index (κ1) is 64.3. The molecule has 33 heteroatoms. The monoisotopic (exact) mass is 1160 g/mol. The Bertz CT molecular complexity index is 3020. The summed E-state index contributed by atoms with van der Waals surface area (Å²) in [5.41, 5.74) is -10.7. The summed E-state index contributed by atoms with van der Waals surface area (Å²) < 4.78 is 126. The number of amides is 1. The van der Waals surface area contributed by atoms with E-state index < -0.39 is 125 Å². The molecule has 73 heavy (non-hydrogen) atoms. The van der Waals surface area contributed by atoms with Gasteiger partial charge in [-0.05, 0) is 38.1 Å². The van der Waals surface area contributed by atoms with Crippen LogP contribution in [-0.4, -0.2) is 111 Å². The molecule has 3 heterocycles. The summed E-state index contributed by atoms with van der Waals surface area (Å²) in [5, 5.41) is 7.26. The maximum absolute atomic E-state index is 14.6. The molecule has 0 unspecified atom stereocenters. The summed E-state index contributed by atoms with van der Waals surface area (Å²) in [6.45, 7) is 1.41. The van der Waals surface area contributed by atoms with E-state index in [1.165, 1.54) is 7.11 Å². The van der Waals surface area contributed by atoms with E-state index in [2.05, 4.69) is 55.7 Å². The molecule has 21 nitrogen and oxygen atoms in total. The summed E-state index contributed by atoms with van der Waals surface area (Å²) in [6.07, 6.45) is -9.97. The van der Waals surface area contributed by atoms with Gasteiger partial charge in [0.25, 0.3) is 17.0 Å². The van der Waals surface area contributed by atoms with Crippen molar-refractivity contribution in [2.24, 2.45) is 29.1 Å². The molecule has 1 fully saturated rings. The van der Waals surface area contributed by atoms with Gasteiger partial charge in [-0.25, -0.2) is 37.3 Å². The normalized spacial score (nSPS) is 12.3. The number of carbonyl (C=O) groups excluding carboxylic acids is 4. The molecule has 2 aromatic carbocycles. The van der Waals surface area contributed by atoms with Gasteiger partial charge < -0.3 is 24.1 Å². The second-order valence-electron chi connectivity index (χ2n) is 13.1. The number of aliphatic hydroxyl groups excluding tert-OH is 1. The Kier molecular flexibility index (Phi) is 25.1. The Hall–Kier alpha value is -6.68. The van der Waals surface area contributed by atoms with Crippen molar-refractivity contribution >= 4 is 80.5 Å². The number of aromatic nitrogens is 4. The second-order valence-corrected chi connectivity index (χ2v) is 13.9. The van der Waals surface area contributed by atoms with E-state index >= 15 is 0 Å². The van der Waals surface area contributed by atoms with Crippen LogP contribution in [0.15, 0.2) is 70.6 Å². The molecule has 4 aromatic rings. The Morgan fingerprint density at radius 2 is 1.19 bits per heavy atom. The first-order valence-corrected chi connectivity index (χ1v) is 21.2. The van der Waals surface area contributed by atoms with Crippen molar-refractivity contribution in [1.82, 2.24) is 23.2 Å². The average molecular weight is 1160 g/mol. The van der Waals surface area contributed by atoms with Crippen LogP contribution in [0, 0.1) is 11.6 Å². The number of esters is 3. The van der Waals surface area contributed by atoms with Crippen LogP contribution in [0.2, 0.25) is 10.0 Å². The van der Waals surface area contributed by atoms with E-state index in [0.29, 0.717) is 12.1 Å². The van der Waals surface area contributed by atoms with Crippen molar-refractivity contribution < 1.29 is 93.5 Å². The Balaban J connectivity index is 0.000000632. The maximum atomic E-state index is 14.6. The summed E-state index contributed by atoms with van der Waals surface area (Å²) in [7, 11) is 6.98. The van der Waals surface area contributed by atoms with Crippen LogP contribution in [0.25, 0.3) is 11.4 Å². The third-order valence-corrected chi connectivity index (χ3v) is 9.12. The van der Waals surface area contributed by atoms with Gasteiger partial charge in [-0.1, -0.05) is 30.6 Å². The Labute approximate surface area is 427 Å². The zero-order valence-electron chi connectivity index (χ0n) is 37.1. The average Bonchev–Trinajstić information content (AvgIpc) is 3.64. The second kappa shape index (κ2) is 28.5. The Morgan fingerprint density at radius 3 is 1.60 bits per heavy atom. The molecule has 0 bridgehead atoms. The fourth-order valence-electron chi connectivity index (χ4n) is 5.34. The summed E-state index contributed by atoms with van der Waals surface area (Å²) in [4.78, 5) is 106. The van der Waals surface area contributed by atoms with Crippen LogP contribution in [-0.2, 0) is 79.7 Å². The quantitative estimate of drug-likeness (QED) is 0.0687. The van der Waals surface area contributed by atoms with Crippen LogP contribution in [0.3, 0.4) is 0 Å². The number of aliphatic imine (C=N–C) groups is 3. The topological polar surface area (TPSA) is 254 Å². The van der Waals surface area contributed by atoms with Crippen LogP contribution in [0.4, 0.5) is 46.5 Å². The van der Waals surface area contributed by atoms with E-state index in [1.54, 1.807) is 13.8 Å². The van der Waals surface area contributed by atoms with E-state index in [9.17, 15) is 73.5 Å². The first-order chi connectivity index (χ1) is 33.6. The number of nitrogens with zero attached hydrogens (tertiary/aromatic N) is 8. The first-order valence-electron chi connectivity index (χ1n) is 19.2. The summed E-state index contributed by atoms with van der Waals surface area (Å²) >= 11 is 15.5. The SMILES string of the molecule is C.CCOC(=O)CN1C(=O)COC1=Nc1cc(-n2c(=O)cc(C(F)(F)F)n(C)c2=O)c(F)cc1Cl.CCOC(=O)CN=C=Nc1cc(-n2c(=O)cc(C(F)(F)F)n(C)c2=O)c(F)cc1Cl.COC(=O)CO.[Cl][Cu]. The number of rotatable bonds is 11. The van der Waals surface area contributed by atoms with E-state index in [0.717, 1.165) is 31.1 Å². The van der Waals surface area contributed by atoms with Crippen LogP contribution in [0.5, 0.6) is 0 Å². The van der Waals surface area contributed by atoms with Gasteiger partial charge in [0.2, 0.25) is 0 Å². The molecule has 5 rings (SSSR count). The number of aliphatic hydroxyl groups is 1. The fourth-order valence-corrected chi connectivity index (χ4v) is 5.73. The van der Waals surface area contributed by atoms with E-state index in [-0.39, 0.29) is 72.5 Å². The molecule has 0 spiro atoms. The van der Waals surface area contributed by atoms with Crippen molar-refractivity contribution in [3.63, 3.8) is 0 Å². The van der Waals surface area contributed by atoms with E-state index in [4.69, 9.17) is 37.8 Å². The number of alkyl halides is 6. The minimum atomic E-state index is -5.00. The number of halogens is 11. The van der Waals surface area contributed by atoms with Gasteiger partial charge in [0.1, 0.15) is 42.7 Å². The molecule has 1 N–H and O–H groups in total. The molecule has 1 saturated heterocycles. The van der Waals surface area contributed by atoms with Crippen molar-refractivity contribution in [2.75, 3.05) is 46.6 Å². The van der Waals surface area contributed by atoms with Gasteiger partial charge in [0.05, 0.1) is 59.1 Å².